The van der Waals surface area contributed by atoms with Gasteiger partial charge in [-0.05, 0) is 42.8 Å². The maximum absolute atomic E-state index is 14.4. The molecular weight excluding hydrogens is 462 g/mol. The summed E-state index contributed by atoms with van der Waals surface area (Å²) < 4.78 is 37.0. The van der Waals surface area contributed by atoms with Gasteiger partial charge in [-0.15, -0.1) is 5.10 Å². The fourth-order valence-corrected chi connectivity index (χ4v) is 3.11. The molecule has 7 nitrogen and oxygen atoms in total. The van der Waals surface area contributed by atoms with Gasteiger partial charge in [-0.3, -0.25) is 9.36 Å². The van der Waals surface area contributed by atoms with Crippen molar-refractivity contribution in [1.29, 1.82) is 0 Å². The number of carbonyl (C=O) groups excluding carboxylic acids is 1. The van der Waals surface area contributed by atoms with Crippen LogP contribution in [0.25, 0.3) is 5.69 Å². The Balaban J connectivity index is 1.95. The van der Waals surface area contributed by atoms with E-state index in [-0.39, 0.29) is 23.9 Å². The number of benzene rings is 2. The number of ether oxygens (including phenoxy) is 1. The molecule has 0 saturated carbocycles. The predicted molar refractivity (Wildman–Crippen MR) is 110 cm³/mol. The molecule has 2 aromatic carbocycles. The molecule has 0 aliphatic rings. The van der Waals surface area contributed by atoms with Gasteiger partial charge in [0, 0.05) is 11.0 Å². The number of carbonyl (C=O) groups is 1. The molecule has 0 aliphatic carbocycles. The van der Waals surface area contributed by atoms with Crippen LogP contribution in [0.4, 0.5) is 8.78 Å². The van der Waals surface area contributed by atoms with E-state index in [2.05, 4.69) is 21.0 Å². The molecule has 1 aromatic heterocycles. The van der Waals surface area contributed by atoms with Gasteiger partial charge < -0.3 is 10.5 Å². The summed E-state index contributed by atoms with van der Waals surface area (Å²) in [5.41, 5.74) is 4.35. The summed E-state index contributed by atoms with van der Waals surface area (Å²) in [6.07, 6.45) is 1.58. The van der Waals surface area contributed by atoms with Crippen LogP contribution >= 0.6 is 15.9 Å². The zero-order valence-electron chi connectivity index (χ0n) is 16.1. The van der Waals surface area contributed by atoms with Crippen LogP contribution in [0.15, 0.2) is 45.7 Å². The number of nitrogens with two attached hydrogens (primary N) is 1. The molecule has 0 atom stereocenters. The van der Waals surface area contributed by atoms with Gasteiger partial charge in [-0.1, -0.05) is 29.3 Å². The van der Waals surface area contributed by atoms with Crippen molar-refractivity contribution >= 4 is 21.8 Å². The summed E-state index contributed by atoms with van der Waals surface area (Å²) in [7, 11) is 0. The van der Waals surface area contributed by atoms with Crippen molar-refractivity contribution in [1.82, 2.24) is 14.3 Å². The number of halogens is 3. The number of unbranched alkanes of at least 4 members (excludes halogenated alkanes) is 1. The molecule has 3 rings (SSSR count). The first-order chi connectivity index (χ1) is 14.3. The Labute approximate surface area is 179 Å². The Morgan fingerprint density at radius 2 is 1.90 bits per heavy atom. The van der Waals surface area contributed by atoms with Crippen LogP contribution in [0.1, 0.15) is 35.9 Å². The third-order valence-corrected chi connectivity index (χ3v) is 4.93. The summed E-state index contributed by atoms with van der Waals surface area (Å²) in [4.78, 5) is 24.2. The van der Waals surface area contributed by atoms with Gasteiger partial charge in [-0.2, -0.15) is 4.68 Å². The second-order valence-corrected chi connectivity index (χ2v) is 7.40. The summed E-state index contributed by atoms with van der Waals surface area (Å²) >= 11 is 3.34. The summed E-state index contributed by atoms with van der Waals surface area (Å²) in [6.45, 7) is 2.13. The van der Waals surface area contributed by atoms with Gasteiger partial charge in [0.05, 0.1) is 5.69 Å². The first-order valence-electron chi connectivity index (χ1n) is 9.18. The minimum Gasteiger partial charge on any atom is -0.482 e. The lowest BCUT2D eigenvalue weighted by molar-refractivity contribution is 0.0991. The average Bonchev–Trinajstić information content (AvgIpc) is 3.01. The Morgan fingerprint density at radius 3 is 2.53 bits per heavy atom. The van der Waals surface area contributed by atoms with Gasteiger partial charge in [0.25, 0.3) is 5.91 Å². The third-order valence-electron chi connectivity index (χ3n) is 4.40. The molecule has 10 heteroatoms. The van der Waals surface area contributed by atoms with Gasteiger partial charge in [0.2, 0.25) is 0 Å². The first-order valence-corrected chi connectivity index (χ1v) is 9.98. The zero-order valence-corrected chi connectivity index (χ0v) is 17.7. The standard InChI is InChI=1S/C20H19BrF2N4O3/c1-2-3-10-26-16(25-27(20(26)29)13-6-4-12(21)5-7-13)11-30-15-9-8-14(22)17(18(15)23)19(24)28/h4-9H,2-3,10-11H2,1H3,(H2,24,28). The van der Waals surface area contributed by atoms with Crippen molar-refractivity contribution in [2.75, 3.05) is 0 Å². The summed E-state index contributed by atoms with van der Waals surface area (Å²) in [5, 5.41) is 4.32. The number of amides is 1. The Hall–Kier alpha value is -3.01. The SMILES string of the molecule is CCCCn1c(COc2ccc(F)c(C(N)=O)c2F)nn(-c2ccc(Br)cc2)c1=O. The molecule has 0 saturated heterocycles. The highest BCUT2D eigenvalue weighted by Crippen LogP contribution is 2.24. The Kier molecular flexibility index (Phi) is 6.66. The zero-order chi connectivity index (χ0) is 21.8. The van der Waals surface area contributed by atoms with Crippen molar-refractivity contribution in [3.63, 3.8) is 0 Å². The van der Waals surface area contributed by atoms with Crippen LogP contribution in [0, 0.1) is 11.6 Å². The van der Waals surface area contributed by atoms with Crippen molar-refractivity contribution in [2.24, 2.45) is 5.73 Å². The quantitative estimate of drug-likeness (QED) is 0.533. The molecule has 0 spiro atoms. The second-order valence-electron chi connectivity index (χ2n) is 6.48. The van der Waals surface area contributed by atoms with E-state index in [1.54, 1.807) is 24.3 Å². The second kappa shape index (κ2) is 9.21. The molecule has 0 unspecified atom stereocenters. The summed E-state index contributed by atoms with van der Waals surface area (Å²) in [6, 6.07) is 8.96. The molecule has 2 N–H and O–H groups in total. The first kappa shape index (κ1) is 21.7. The van der Waals surface area contributed by atoms with E-state index in [4.69, 9.17) is 10.5 Å². The topological polar surface area (TPSA) is 92.1 Å². The Morgan fingerprint density at radius 1 is 1.20 bits per heavy atom. The molecule has 0 bridgehead atoms. The molecular formula is C20H19BrF2N4O3. The highest BCUT2D eigenvalue weighted by molar-refractivity contribution is 9.10. The largest absolute Gasteiger partial charge is 0.482 e. The third kappa shape index (κ3) is 4.43. The van der Waals surface area contributed by atoms with E-state index in [9.17, 15) is 18.4 Å². The number of primary amides is 1. The monoisotopic (exact) mass is 480 g/mol. The summed E-state index contributed by atoms with van der Waals surface area (Å²) in [5.74, 6) is -3.61. The normalized spacial score (nSPS) is 10.9. The van der Waals surface area contributed by atoms with Crippen molar-refractivity contribution in [2.45, 2.75) is 32.9 Å². The van der Waals surface area contributed by atoms with Crippen molar-refractivity contribution < 1.29 is 18.3 Å². The molecule has 3 aromatic rings. The lowest BCUT2D eigenvalue weighted by Crippen LogP contribution is -2.25. The van der Waals surface area contributed by atoms with Crippen molar-refractivity contribution in [3.8, 4) is 11.4 Å². The maximum atomic E-state index is 14.4. The minimum atomic E-state index is -1.24. The van der Waals surface area contributed by atoms with E-state index in [1.807, 2.05) is 6.92 Å². The van der Waals surface area contributed by atoms with Crippen LogP contribution in [-0.4, -0.2) is 20.3 Å². The van der Waals surface area contributed by atoms with Crippen molar-refractivity contribution in [3.05, 3.63) is 74.4 Å². The number of aromatic nitrogens is 3. The lowest BCUT2D eigenvalue weighted by atomic mass is 10.1. The minimum absolute atomic E-state index is 0.261. The van der Waals surface area contributed by atoms with E-state index >= 15 is 0 Å². The number of nitrogens with zero attached hydrogens (tertiary/aromatic N) is 3. The molecule has 0 fully saturated rings. The average molecular weight is 481 g/mol. The van der Waals surface area contributed by atoms with E-state index < -0.39 is 23.1 Å². The molecule has 0 radical (unpaired) electrons. The van der Waals surface area contributed by atoms with Crippen LogP contribution in [0.5, 0.6) is 5.75 Å². The maximum Gasteiger partial charge on any atom is 0.350 e. The van der Waals surface area contributed by atoms with Crippen LogP contribution in [0.2, 0.25) is 0 Å². The van der Waals surface area contributed by atoms with Crippen LogP contribution < -0.4 is 16.2 Å². The fraction of sp³-hybridized carbons (Fsp3) is 0.250. The molecule has 1 amide bonds. The van der Waals surface area contributed by atoms with Gasteiger partial charge >= 0.3 is 5.69 Å². The number of hydrogen-bond acceptors (Lipinski definition) is 4. The smallest absolute Gasteiger partial charge is 0.350 e. The lowest BCUT2D eigenvalue weighted by Gasteiger charge is -2.10. The molecule has 30 heavy (non-hydrogen) atoms. The van der Waals surface area contributed by atoms with Gasteiger partial charge in [0.15, 0.2) is 17.4 Å². The molecule has 158 valence electrons. The number of rotatable bonds is 8. The molecule has 0 aliphatic heterocycles. The number of hydrogen-bond donors (Lipinski definition) is 1. The van der Waals surface area contributed by atoms with Gasteiger partial charge in [0.1, 0.15) is 18.0 Å². The van der Waals surface area contributed by atoms with Crippen LogP contribution in [0.3, 0.4) is 0 Å². The van der Waals surface area contributed by atoms with Gasteiger partial charge in [-0.25, -0.2) is 13.6 Å². The predicted octanol–water partition coefficient (Wildman–Crippen LogP) is 3.55. The highest BCUT2D eigenvalue weighted by atomic mass is 79.9. The highest BCUT2D eigenvalue weighted by Gasteiger charge is 2.21. The van der Waals surface area contributed by atoms with E-state index in [1.165, 1.54) is 9.25 Å². The van der Waals surface area contributed by atoms with E-state index in [0.29, 0.717) is 12.2 Å². The molecule has 1 heterocycles. The van der Waals surface area contributed by atoms with E-state index in [0.717, 1.165) is 29.4 Å². The Bertz CT molecular complexity index is 1130. The van der Waals surface area contributed by atoms with Crippen LogP contribution in [-0.2, 0) is 13.2 Å². The fourth-order valence-electron chi connectivity index (χ4n) is 2.85.